The van der Waals surface area contributed by atoms with Gasteiger partial charge in [-0.15, -0.1) is 0 Å². The number of alkyl halides is 2. The number of carbonyl (C=O) groups is 1. The average Bonchev–Trinajstić information content (AvgIpc) is 3.71. The molecule has 42 heavy (non-hydrogen) atoms. The Bertz CT molecular complexity index is 1590. The van der Waals surface area contributed by atoms with Gasteiger partial charge in [-0.3, -0.25) is 14.5 Å². The number of aliphatic hydroxyl groups is 1. The van der Waals surface area contributed by atoms with Gasteiger partial charge in [-0.25, -0.2) is 22.2 Å². The first-order chi connectivity index (χ1) is 20.1. The van der Waals surface area contributed by atoms with Gasteiger partial charge >= 0.3 is 0 Å². The van der Waals surface area contributed by atoms with E-state index in [2.05, 4.69) is 24.9 Å². The third kappa shape index (κ3) is 6.12. The van der Waals surface area contributed by atoms with Crippen molar-refractivity contribution in [1.82, 2.24) is 9.97 Å². The maximum atomic E-state index is 13.9. The predicted octanol–water partition coefficient (Wildman–Crippen LogP) is 4.23. The molecule has 2 saturated heterocycles. The highest BCUT2D eigenvalue weighted by atomic mass is 32.2. The molecule has 13 heteroatoms. The molecular formula is C29H34F2N6O4S. The maximum Gasteiger partial charge on any atom is 0.257 e. The number of hydrogen-bond acceptors (Lipinski definition) is 8. The minimum atomic E-state index is -3.76. The molecule has 3 N–H and O–H groups in total. The third-order valence-electron chi connectivity index (χ3n) is 8.61. The van der Waals surface area contributed by atoms with E-state index in [1.165, 1.54) is 18.9 Å². The molecule has 1 amide bonds. The van der Waals surface area contributed by atoms with Crippen molar-refractivity contribution < 1.29 is 27.1 Å². The molecule has 1 aromatic carbocycles. The number of sulfonamides is 1. The fourth-order valence-electron chi connectivity index (χ4n) is 5.86. The van der Waals surface area contributed by atoms with E-state index < -0.39 is 34.2 Å². The largest absolute Gasteiger partial charge is 0.395 e. The fraction of sp³-hybridized carbons (Fsp3) is 0.483. The lowest BCUT2D eigenvalue weighted by molar-refractivity contribution is -0.0221. The molecule has 3 aromatic rings. The third-order valence-corrected chi connectivity index (χ3v) is 9.88. The van der Waals surface area contributed by atoms with Gasteiger partial charge in [-0.2, -0.15) is 0 Å². The Hall–Kier alpha value is -3.58. The molecule has 0 unspecified atom stereocenters. The van der Waals surface area contributed by atoms with Crippen molar-refractivity contribution in [3.8, 4) is 0 Å². The molecule has 0 radical (unpaired) electrons. The van der Waals surface area contributed by atoms with Crippen LogP contribution in [-0.2, 0) is 10.0 Å². The molecule has 0 bridgehead atoms. The summed E-state index contributed by atoms with van der Waals surface area (Å²) < 4.78 is 54.8. The summed E-state index contributed by atoms with van der Waals surface area (Å²) in [6.07, 6.45) is 5.51. The van der Waals surface area contributed by atoms with Crippen molar-refractivity contribution in [2.45, 2.75) is 44.4 Å². The number of halogens is 2. The number of pyridine rings is 2. The highest BCUT2D eigenvalue weighted by Crippen LogP contribution is 2.54. The number of aromatic nitrogens is 2. The summed E-state index contributed by atoms with van der Waals surface area (Å²) in [5.74, 6) is -3.05. The van der Waals surface area contributed by atoms with Gasteiger partial charge in [0.25, 0.3) is 11.8 Å². The van der Waals surface area contributed by atoms with Crippen LogP contribution in [0.2, 0.25) is 0 Å². The van der Waals surface area contributed by atoms with Gasteiger partial charge in [-0.05, 0) is 61.4 Å². The van der Waals surface area contributed by atoms with Crippen LogP contribution in [0.1, 0.15) is 48.9 Å². The monoisotopic (exact) mass is 600 g/mol. The lowest BCUT2D eigenvalue weighted by atomic mass is 9.93. The Labute approximate surface area is 243 Å². The molecule has 2 aliphatic heterocycles. The van der Waals surface area contributed by atoms with Crippen molar-refractivity contribution in [3.63, 3.8) is 0 Å². The number of hydrogen-bond donors (Lipinski definition) is 3. The zero-order valence-electron chi connectivity index (χ0n) is 23.2. The normalized spacial score (nSPS) is 19.6. The Balaban J connectivity index is 1.32. The molecule has 6 rings (SSSR count). The number of fused-ring (bicyclic) bond motifs is 1. The van der Waals surface area contributed by atoms with E-state index in [1.807, 2.05) is 0 Å². The van der Waals surface area contributed by atoms with Gasteiger partial charge in [0, 0.05) is 51.3 Å². The predicted molar refractivity (Wildman–Crippen MR) is 158 cm³/mol. The average molecular weight is 601 g/mol. The molecule has 1 saturated carbocycles. The number of rotatable bonds is 8. The van der Waals surface area contributed by atoms with Gasteiger partial charge in [0.2, 0.25) is 10.0 Å². The first kappa shape index (κ1) is 28.5. The summed E-state index contributed by atoms with van der Waals surface area (Å²) in [6.45, 7) is 1.28. The molecular weight excluding hydrogens is 566 g/mol. The molecule has 224 valence electrons. The Kier molecular flexibility index (Phi) is 7.42. The summed E-state index contributed by atoms with van der Waals surface area (Å²) in [6, 6.07) is 9.95. The number of nitrogens with one attached hydrogen (secondary N) is 2. The molecule has 1 spiro atoms. The number of piperidine rings is 2. The van der Waals surface area contributed by atoms with Gasteiger partial charge in [0.1, 0.15) is 11.3 Å². The van der Waals surface area contributed by atoms with Crippen molar-refractivity contribution in [2.24, 2.45) is 5.41 Å². The first-order valence-electron chi connectivity index (χ1n) is 14.3. The molecule has 10 nitrogen and oxygen atoms in total. The zero-order chi connectivity index (χ0) is 29.5. The van der Waals surface area contributed by atoms with E-state index >= 15 is 0 Å². The van der Waals surface area contributed by atoms with Crippen molar-refractivity contribution >= 4 is 49.8 Å². The van der Waals surface area contributed by atoms with Crippen LogP contribution in [0.5, 0.6) is 0 Å². The van der Waals surface area contributed by atoms with Gasteiger partial charge < -0.3 is 20.2 Å². The molecule has 0 atom stereocenters. The second-order valence-electron chi connectivity index (χ2n) is 11.6. The Morgan fingerprint density at radius 3 is 2.38 bits per heavy atom. The van der Waals surface area contributed by atoms with Crippen molar-refractivity contribution in [2.75, 3.05) is 58.4 Å². The van der Waals surface area contributed by atoms with E-state index in [0.29, 0.717) is 44.9 Å². The standard InChI is InChI=1S/C29H34F2N6O4S/c30-29(31)9-14-37(15-10-29)25-19-23(26-22(33-25)2-1-11-32-26)34-27(39)21-4-3-20(35-42(40,41)17-16-38)18-24(21)36-12-7-28(5-6-28)8-13-36/h1-4,11,18-19,35,38H,5-10,12-17H2,(H,33,34,39). The summed E-state index contributed by atoms with van der Waals surface area (Å²) >= 11 is 0. The van der Waals surface area contributed by atoms with Crippen LogP contribution in [0.25, 0.3) is 11.0 Å². The zero-order valence-corrected chi connectivity index (χ0v) is 24.0. The number of benzene rings is 1. The Morgan fingerprint density at radius 2 is 1.69 bits per heavy atom. The van der Waals surface area contributed by atoms with Gasteiger partial charge in [0.15, 0.2) is 0 Å². The van der Waals surface area contributed by atoms with Crippen LogP contribution < -0.4 is 19.8 Å². The number of carbonyl (C=O) groups excluding carboxylic acids is 1. The second-order valence-corrected chi connectivity index (χ2v) is 13.4. The van der Waals surface area contributed by atoms with E-state index in [4.69, 9.17) is 5.11 Å². The van der Waals surface area contributed by atoms with E-state index in [1.54, 1.807) is 41.4 Å². The van der Waals surface area contributed by atoms with Crippen LogP contribution in [0.15, 0.2) is 42.6 Å². The number of anilines is 4. The number of aliphatic hydroxyl groups excluding tert-OH is 1. The van der Waals surface area contributed by atoms with E-state index in [-0.39, 0.29) is 25.9 Å². The highest BCUT2D eigenvalue weighted by Gasteiger charge is 2.44. The van der Waals surface area contributed by atoms with Crippen LogP contribution in [0, 0.1) is 5.41 Å². The quantitative estimate of drug-likeness (QED) is 0.351. The van der Waals surface area contributed by atoms with E-state index in [0.717, 1.165) is 25.9 Å². The molecule has 1 aliphatic carbocycles. The Morgan fingerprint density at radius 1 is 0.976 bits per heavy atom. The number of amides is 1. The lowest BCUT2D eigenvalue weighted by Gasteiger charge is -2.35. The SMILES string of the molecule is O=C(Nc1cc(N2CCC(F)(F)CC2)nc2cccnc12)c1ccc(NS(=O)(=O)CCO)cc1N1CCC2(CC1)CC2. The smallest absolute Gasteiger partial charge is 0.257 e. The lowest BCUT2D eigenvalue weighted by Crippen LogP contribution is -2.39. The van der Waals surface area contributed by atoms with Crippen molar-refractivity contribution in [3.05, 3.63) is 48.2 Å². The molecule has 3 fully saturated rings. The van der Waals surface area contributed by atoms with Crippen LogP contribution in [-0.4, -0.2) is 73.9 Å². The summed E-state index contributed by atoms with van der Waals surface area (Å²) in [7, 11) is -3.76. The van der Waals surface area contributed by atoms with Crippen molar-refractivity contribution in [1.29, 1.82) is 0 Å². The minimum Gasteiger partial charge on any atom is -0.395 e. The van der Waals surface area contributed by atoms with E-state index in [9.17, 15) is 22.0 Å². The summed E-state index contributed by atoms with van der Waals surface area (Å²) in [5.41, 5.74) is 3.09. The van der Waals surface area contributed by atoms with Crippen LogP contribution >= 0.6 is 0 Å². The summed E-state index contributed by atoms with van der Waals surface area (Å²) in [5, 5.41) is 12.1. The molecule has 4 heterocycles. The first-order valence-corrected chi connectivity index (χ1v) is 15.9. The summed E-state index contributed by atoms with van der Waals surface area (Å²) in [4.78, 5) is 26.8. The van der Waals surface area contributed by atoms with Crippen LogP contribution in [0.3, 0.4) is 0 Å². The van der Waals surface area contributed by atoms with Gasteiger partial charge in [-0.1, -0.05) is 0 Å². The maximum absolute atomic E-state index is 13.9. The fourth-order valence-corrected chi connectivity index (χ4v) is 6.68. The molecule has 3 aliphatic rings. The number of nitrogens with zero attached hydrogens (tertiary/aromatic N) is 4. The molecule has 2 aromatic heterocycles. The highest BCUT2D eigenvalue weighted by molar-refractivity contribution is 7.92. The second kappa shape index (κ2) is 10.9. The van der Waals surface area contributed by atoms with Crippen LogP contribution in [0.4, 0.5) is 31.7 Å². The minimum absolute atomic E-state index is 0.146. The van der Waals surface area contributed by atoms with Gasteiger partial charge in [0.05, 0.1) is 40.5 Å². The topological polar surface area (TPSA) is 128 Å².